The van der Waals surface area contributed by atoms with E-state index in [9.17, 15) is 24.3 Å². The van der Waals surface area contributed by atoms with Crippen molar-refractivity contribution in [3.05, 3.63) is 72.6 Å². The van der Waals surface area contributed by atoms with E-state index in [1.54, 1.807) is 7.05 Å². The zero-order valence-corrected chi connectivity index (χ0v) is 38.4. The summed E-state index contributed by atoms with van der Waals surface area (Å²) in [5, 5.41) is 9.94. The smallest absolute Gasteiger partial charge is 0.410 e. The van der Waals surface area contributed by atoms with Crippen molar-refractivity contribution in [2.45, 2.75) is 124 Å². The first-order valence-electron chi connectivity index (χ1n) is 22.0. The van der Waals surface area contributed by atoms with Gasteiger partial charge in [-0.25, -0.2) is 19.6 Å². The van der Waals surface area contributed by atoms with Crippen molar-refractivity contribution < 1.29 is 29.0 Å². The van der Waals surface area contributed by atoms with E-state index in [0.29, 0.717) is 13.1 Å². The topological polar surface area (TPSA) is 168 Å². The Morgan fingerprint density at radius 2 is 1.32 bits per heavy atom. The van der Waals surface area contributed by atoms with E-state index >= 15 is 0 Å². The van der Waals surface area contributed by atoms with Crippen LogP contribution in [0.25, 0.3) is 33.6 Å². The molecule has 0 spiro atoms. The van der Waals surface area contributed by atoms with Crippen LogP contribution < -0.4 is 0 Å². The molecule has 2 fully saturated rings. The van der Waals surface area contributed by atoms with Crippen molar-refractivity contribution in [1.29, 1.82) is 0 Å². The molecule has 2 aliphatic heterocycles. The molecule has 2 aromatic carbocycles. The van der Waals surface area contributed by atoms with Gasteiger partial charge >= 0.3 is 12.2 Å². The van der Waals surface area contributed by atoms with Gasteiger partial charge in [0.15, 0.2) is 0 Å². The lowest BCUT2D eigenvalue weighted by Gasteiger charge is -2.38. The zero-order valence-electron chi connectivity index (χ0n) is 38.4. The van der Waals surface area contributed by atoms with Gasteiger partial charge in [0, 0.05) is 44.0 Å². The highest BCUT2D eigenvalue weighted by Crippen LogP contribution is 2.36. The van der Waals surface area contributed by atoms with Gasteiger partial charge in [-0.1, -0.05) is 76.2 Å². The number of amides is 4. The molecule has 4 atom stereocenters. The van der Waals surface area contributed by atoms with Crippen molar-refractivity contribution in [2.24, 2.45) is 17.8 Å². The number of benzene rings is 2. The van der Waals surface area contributed by atoms with Gasteiger partial charge in [0.25, 0.3) is 0 Å². The molecule has 2 aliphatic rings. The Morgan fingerprint density at radius 3 is 1.84 bits per heavy atom. The van der Waals surface area contributed by atoms with E-state index in [4.69, 9.17) is 14.7 Å². The molecule has 4 aromatic rings. The highest BCUT2D eigenvalue weighted by Gasteiger charge is 2.42. The van der Waals surface area contributed by atoms with Crippen LogP contribution in [0.15, 0.2) is 60.9 Å². The highest BCUT2D eigenvalue weighted by molar-refractivity contribution is 5.86. The fourth-order valence-electron chi connectivity index (χ4n) is 8.75. The van der Waals surface area contributed by atoms with E-state index < -0.39 is 35.3 Å². The third-order valence-corrected chi connectivity index (χ3v) is 12.1. The molecule has 0 saturated carbocycles. The number of aromatic nitrogens is 4. The number of likely N-dealkylation sites (tertiary alicyclic amines) is 2. The Labute approximate surface area is 366 Å². The first kappa shape index (κ1) is 45.9. The van der Waals surface area contributed by atoms with Crippen molar-refractivity contribution in [1.82, 2.24) is 39.5 Å². The van der Waals surface area contributed by atoms with Crippen LogP contribution in [0, 0.1) is 17.8 Å². The molecule has 2 aromatic heterocycles. The van der Waals surface area contributed by atoms with Crippen LogP contribution in [0.3, 0.4) is 0 Å². The molecule has 0 unspecified atom stereocenters. The van der Waals surface area contributed by atoms with Gasteiger partial charge in [-0.05, 0) is 95.8 Å². The summed E-state index contributed by atoms with van der Waals surface area (Å²) in [6.07, 6.45) is 5.41. The molecule has 6 rings (SSSR count). The van der Waals surface area contributed by atoms with Crippen LogP contribution in [0.1, 0.15) is 119 Å². The maximum absolute atomic E-state index is 14.0. The fraction of sp³-hybridized carbons (Fsp3) is 0.542. The molecular formula is C48H66N8O6. The number of likely N-dealkylation sites (N-methyl/N-ethyl adjacent to an activating group) is 1. The highest BCUT2D eigenvalue weighted by atomic mass is 16.6. The van der Waals surface area contributed by atoms with Crippen LogP contribution in [0.4, 0.5) is 9.59 Å². The maximum Gasteiger partial charge on any atom is 0.410 e. The molecule has 14 nitrogen and oxygen atoms in total. The molecule has 0 aliphatic carbocycles. The molecule has 4 heterocycles. The first-order chi connectivity index (χ1) is 29.1. The molecule has 0 radical (unpaired) electrons. The molecule has 4 amide bonds. The fourth-order valence-corrected chi connectivity index (χ4v) is 8.75. The third-order valence-electron chi connectivity index (χ3n) is 12.1. The number of H-pyrrole nitrogens is 2. The predicted molar refractivity (Wildman–Crippen MR) is 240 cm³/mol. The molecule has 3 N–H and O–H groups in total. The van der Waals surface area contributed by atoms with Gasteiger partial charge < -0.3 is 34.5 Å². The van der Waals surface area contributed by atoms with E-state index in [1.807, 2.05) is 104 Å². The lowest BCUT2D eigenvalue weighted by molar-refractivity contribution is -0.139. The van der Waals surface area contributed by atoms with E-state index in [-0.39, 0.29) is 42.3 Å². The van der Waals surface area contributed by atoms with Crippen molar-refractivity contribution in [2.75, 3.05) is 26.7 Å². The Balaban J connectivity index is 1.11. The van der Waals surface area contributed by atoms with Gasteiger partial charge in [0.1, 0.15) is 23.3 Å². The zero-order chi connectivity index (χ0) is 45.3. The van der Waals surface area contributed by atoms with Crippen LogP contribution in [0.5, 0.6) is 0 Å². The van der Waals surface area contributed by atoms with Gasteiger partial charge in [-0.3, -0.25) is 14.5 Å². The number of rotatable bonds is 12. The Kier molecular flexibility index (Phi) is 13.6. The second-order valence-corrected chi connectivity index (χ2v) is 19.6. The average Bonchev–Trinajstić information content (AvgIpc) is 4.03. The molecule has 2 saturated heterocycles. The summed E-state index contributed by atoms with van der Waals surface area (Å²) in [5.74, 6) is 0.700. The van der Waals surface area contributed by atoms with Gasteiger partial charge in [-0.2, -0.15) is 0 Å². The lowest BCUT2D eigenvalue weighted by Crippen LogP contribution is -2.52. The van der Waals surface area contributed by atoms with Gasteiger partial charge in [-0.15, -0.1) is 0 Å². The number of aromatic amines is 2. The average molecular weight is 851 g/mol. The number of ether oxygens (including phenoxy) is 1. The number of carboxylic acid groups (broad SMARTS) is 1. The lowest BCUT2D eigenvalue weighted by atomic mass is 9.91. The SMILES string of the molecule is CC(C)[C@@H](C(=O)N1CCC[C@H]1c1nc(-c2ccc(-c3ccc(-c4cnc([C@@H]5CCCN5C(=O)[C@H](CN(C(=O)O)C(C)(C)C)C(C)C)[nH]4)cc3)cc2)c[nH]1)N(C)C(=O)OC(C)(C)C. The number of hydrogen-bond donors (Lipinski definition) is 3. The van der Waals surface area contributed by atoms with Crippen molar-refractivity contribution in [3.8, 4) is 33.6 Å². The summed E-state index contributed by atoms with van der Waals surface area (Å²) < 4.78 is 5.59. The number of imidazole rings is 2. The molecule has 0 bridgehead atoms. The summed E-state index contributed by atoms with van der Waals surface area (Å²) in [7, 11) is 1.63. The quantitative estimate of drug-likeness (QED) is 0.127. The Bertz CT molecular complexity index is 2200. The molecule has 14 heteroatoms. The monoisotopic (exact) mass is 851 g/mol. The molecular weight excluding hydrogens is 785 g/mol. The van der Waals surface area contributed by atoms with Crippen molar-refractivity contribution in [3.63, 3.8) is 0 Å². The normalized spacial score (nSPS) is 18.0. The molecule has 334 valence electrons. The summed E-state index contributed by atoms with van der Waals surface area (Å²) in [6.45, 7) is 20.2. The number of nitrogens with zero attached hydrogens (tertiary/aromatic N) is 6. The minimum Gasteiger partial charge on any atom is -0.465 e. The maximum atomic E-state index is 14.0. The number of nitrogens with one attached hydrogen (secondary N) is 2. The summed E-state index contributed by atoms with van der Waals surface area (Å²) >= 11 is 0. The number of hydrogen-bond acceptors (Lipinski definition) is 7. The Hall–Kier alpha value is -5.66. The first-order valence-corrected chi connectivity index (χ1v) is 22.0. The van der Waals surface area contributed by atoms with Crippen LogP contribution in [-0.4, -0.2) is 113 Å². The van der Waals surface area contributed by atoms with Crippen LogP contribution in [0.2, 0.25) is 0 Å². The van der Waals surface area contributed by atoms with Crippen molar-refractivity contribution >= 4 is 24.0 Å². The summed E-state index contributed by atoms with van der Waals surface area (Å²) in [4.78, 5) is 76.2. The third kappa shape index (κ3) is 10.2. The summed E-state index contributed by atoms with van der Waals surface area (Å²) in [6, 6.07) is 15.4. The second kappa shape index (κ2) is 18.4. The van der Waals surface area contributed by atoms with Crippen LogP contribution >= 0.6 is 0 Å². The standard InChI is InChI=1S/C48H66N8O6/c1-29(2)35(28-56(45(59)60)47(5,6)7)43(57)54-24-12-14-38(54)41-49-26-36(51-41)33-20-16-31(17-21-33)32-18-22-34(23-19-32)37-27-50-42(52-37)39-15-13-25-55(39)44(58)40(30(3)4)53(11)46(61)62-48(8,9)10/h16-23,26-27,29-30,35,38-40H,12-15,24-25,28H2,1-11H3,(H,49,51)(H,50,52)(H,59,60)/t35-,38+,39+,40+/m1/s1. The van der Waals surface area contributed by atoms with E-state index in [0.717, 1.165) is 71.0 Å². The van der Waals surface area contributed by atoms with Gasteiger partial charge in [0.05, 0.1) is 35.6 Å². The predicted octanol–water partition coefficient (Wildman–Crippen LogP) is 9.40. The largest absolute Gasteiger partial charge is 0.465 e. The van der Waals surface area contributed by atoms with Gasteiger partial charge in [0.2, 0.25) is 11.8 Å². The summed E-state index contributed by atoms with van der Waals surface area (Å²) in [5.41, 5.74) is 4.38. The van der Waals surface area contributed by atoms with E-state index in [2.05, 4.69) is 46.4 Å². The van der Waals surface area contributed by atoms with E-state index in [1.165, 1.54) is 9.80 Å². The number of carbonyl (C=O) groups excluding carboxylic acids is 3. The minimum absolute atomic E-state index is 0.0345. The molecule has 62 heavy (non-hydrogen) atoms. The minimum atomic E-state index is -1.03. The second-order valence-electron chi connectivity index (χ2n) is 19.6. The van der Waals surface area contributed by atoms with Crippen LogP contribution in [-0.2, 0) is 14.3 Å². The number of carbonyl (C=O) groups is 4. The Morgan fingerprint density at radius 1 is 0.790 bits per heavy atom.